The molecule has 2 rings (SSSR count). The lowest BCUT2D eigenvalue weighted by atomic mass is 10.1. The number of carbonyl (C=O) groups excluding carboxylic acids is 1. The number of hydrogen-bond donors (Lipinski definition) is 3. The number of urea groups is 1. The van der Waals surface area contributed by atoms with E-state index < -0.39 is 0 Å². The van der Waals surface area contributed by atoms with E-state index in [4.69, 9.17) is 5.11 Å². The molecule has 0 aliphatic carbocycles. The van der Waals surface area contributed by atoms with Crippen molar-refractivity contribution >= 4 is 6.03 Å². The van der Waals surface area contributed by atoms with Crippen LogP contribution < -0.4 is 10.6 Å². The molecule has 6 heteroatoms. The van der Waals surface area contributed by atoms with E-state index in [1.165, 1.54) is 0 Å². The minimum Gasteiger partial charge on any atom is -0.396 e. The average molecular weight is 316 g/mol. The molecule has 1 unspecified atom stereocenters. The third-order valence-corrected chi connectivity index (χ3v) is 3.68. The van der Waals surface area contributed by atoms with Gasteiger partial charge in [-0.05, 0) is 29.5 Å². The van der Waals surface area contributed by atoms with Gasteiger partial charge in [-0.3, -0.25) is 4.68 Å². The first-order chi connectivity index (χ1) is 11.2. The molecular weight excluding hydrogens is 292 g/mol. The summed E-state index contributed by atoms with van der Waals surface area (Å²) in [6.07, 6.45) is 4.36. The second-order valence-electron chi connectivity index (χ2n) is 5.65. The number of aliphatic hydroxyl groups excluding tert-OH is 1. The zero-order valence-corrected chi connectivity index (χ0v) is 13.4. The van der Waals surface area contributed by atoms with Crippen LogP contribution in [0.5, 0.6) is 0 Å². The highest BCUT2D eigenvalue weighted by atomic mass is 16.3. The van der Waals surface area contributed by atoms with Gasteiger partial charge in [0, 0.05) is 32.1 Å². The van der Waals surface area contributed by atoms with Crippen molar-refractivity contribution in [1.29, 1.82) is 0 Å². The summed E-state index contributed by atoms with van der Waals surface area (Å²) in [4.78, 5) is 11.9. The number of hydrogen-bond acceptors (Lipinski definition) is 3. The summed E-state index contributed by atoms with van der Waals surface area (Å²) in [5.74, 6) is 0.262. The first-order valence-electron chi connectivity index (χ1n) is 7.86. The molecule has 124 valence electrons. The highest BCUT2D eigenvalue weighted by Crippen LogP contribution is 2.10. The fourth-order valence-corrected chi connectivity index (χ4v) is 2.28. The first-order valence-corrected chi connectivity index (χ1v) is 7.86. The molecule has 0 bridgehead atoms. The molecular formula is C17H24N4O2. The van der Waals surface area contributed by atoms with Crippen molar-refractivity contribution in [3.8, 4) is 0 Å². The van der Waals surface area contributed by atoms with Crippen LogP contribution in [0.1, 0.15) is 24.5 Å². The highest BCUT2D eigenvalue weighted by molar-refractivity contribution is 5.73. The number of aromatic nitrogens is 2. The van der Waals surface area contributed by atoms with E-state index in [9.17, 15) is 4.79 Å². The molecule has 0 radical (unpaired) electrons. The number of amides is 2. The van der Waals surface area contributed by atoms with Gasteiger partial charge in [0.2, 0.25) is 0 Å². The van der Waals surface area contributed by atoms with E-state index in [0.29, 0.717) is 26.1 Å². The summed E-state index contributed by atoms with van der Waals surface area (Å²) in [6.45, 7) is 3.85. The Morgan fingerprint density at radius 2 is 2.04 bits per heavy atom. The van der Waals surface area contributed by atoms with Crippen molar-refractivity contribution in [3.63, 3.8) is 0 Å². The predicted octanol–water partition coefficient (Wildman–Crippen LogP) is 1.75. The first kappa shape index (κ1) is 17.0. The Labute approximate surface area is 136 Å². The lowest BCUT2D eigenvalue weighted by molar-refractivity contribution is 0.233. The Morgan fingerprint density at radius 1 is 1.26 bits per heavy atom. The lowest BCUT2D eigenvalue weighted by Gasteiger charge is -2.14. The zero-order chi connectivity index (χ0) is 16.5. The van der Waals surface area contributed by atoms with E-state index in [1.54, 1.807) is 6.20 Å². The molecule has 1 atom stereocenters. The molecule has 2 aromatic rings. The number of aliphatic hydroxyl groups is 1. The number of rotatable bonds is 8. The molecule has 3 N–H and O–H groups in total. The molecule has 0 saturated carbocycles. The molecule has 2 amide bonds. The monoisotopic (exact) mass is 316 g/mol. The zero-order valence-electron chi connectivity index (χ0n) is 13.4. The molecule has 0 aliphatic rings. The number of carbonyl (C=O) groups is 1. The maximum atomic E-state index is 11.9. The summed E-state index contributed by atoms with van der Waals surface area (Å²) in [5, 5.41) is 18.8. The van der Waals surface area contributed by atoms with Gasteiger partial charge in [-0.15, -0.1) is 0 Å². The third-order valence-electron chi connectivity index (χ3n) is 3.68. The van der Waals surface area contributed by atoms with Crippen LogP contribution in [-0.2, 0) is 13.1 Å². The molecule has 0 spiro atoms. The summed E-state index contributed by atoms with van der Waals surface area (Å²) in [7, 11) is 0. The van der Waals surface area contributed by atoms with Crippen molar-refractivity contribution in [1.82, 2.24) is 20.4 Å². The Hall–Kier alpha value is -2.34. The third kappa shape index (κ3) is 5.75. The van der Waals surface area contributed by atoms with Crippen molar-refractivity contribution in [2.24, 2.45) is 5.92 Å². The fourth-order valence-electron chi connectivity index (χ4n) is 2.28. The molecule has 0 saturated heterocycles. The van der Waals surface area contributed by atoms with Crippen LogP contribution in [0.15, 0.2) is 42.7 Å². The molecule has 1 heterocycles. The van der Waals surface area contributed by atoms with Crippen LogP contribution in [0.3, 0.4) is 0 Å². The minimum atomic E-state index is -0.191. The summed E-state index contributed by atoms with van der Waals surface area (Å²) in [6, 6.07) is 9.70. The Morgan fingerprint density at radius 3 is 2.74 bits per heavy atom. The number of nitrogens with one attached hydrogen (secondary N) is 2. The van der Waals surface area contributed by atoms with Crippen molar-refractivity contribution in [2.45, 2.75) is 26.4 Å². The van der Waals surface area contributed by atoms with Crippen LogP contribution in [0.25, 0.3) is 0 Å². The number of nitrogens with zero attached hydrogens (tertiary/aromatic N) is 2. The minimum absolute atomic E-state index is 0.144. The summed E-state index contributed by atoms with van der Waals surface area (Å²) in [5.41, 5.74) is 2.20. The molecule has 23 heavy (non-hydrogen) atoms. The standard InChI is InChI=1S/C17H24N4O2/c1-14(7-10-22)11-18-17(23)19-12-15-5-2-3-6-16(15)13-21-9-4-8-20-21/h2-6,8-9,14,22H,7,10-13H2,1H3,(H2,18,19,23). The van der Waals surface area contributed by atoms with Gasteiger partial charge >= 0.3 is 6.03 Å². The smallest absolute Gasteiger partial charge is 0.315 e. The Bertz CT molecular complexity index is 598. The topological polar surface area (TPSA) is 79.2 Å². The van der Waals surface area contributed by atoms with E-state index in [1.807, 2.05) is 48.1 Å². The van der Waals surface area contributed by atoms with E-state index >= 15 is 0 Å². The maximum absolute atomic E-state index is 11.9. The van der Waals surface area contributed by atoms with Gasteiger partial charge in [-0.25, -0.2) is 4.79 Å². The molecule has 1 aromatic heterocycles. The lowest BCUT2D eigenvalue weighted by Crippen LogP contribution is -2.37. The normalized spacial score (nSPS) is 11.9. The van der Waals surface area contributed by atoms with Crippen molar-refractivity contribution in [2.75, 3.05) is 13.2 Å². The van der Waals surface area contributed by atoms with Crippen LogP contribution in [0.2, 0.25) is 0 Å². The molecule has 0 fully saturated rings. The van der Waals surface area contributed by atoms with Gasteiger partial charge in [0.15, 0.2) is 0 Å². The van der Waals surface area contributed by atoms with E-state index in [-0.39, 0.29) is 18.6 Å². The summed E-state index contributed by atoms with van der Waals surface area (Å²) >= 11 is 0. The van der Waals surface area contributed by atoms with Gasteiger partial charge in [0.1, 0.15) is 0 Å². The molecule has 6 nitrogen and oxygen atoms in total. The van der Waals surface area contributed by atoms with E-state index in [2.05, 4.69) is 15.7 Å². The predicted molar refractivity (Wildman–Crippen MR) is 88.9 cm³/mol. The Balaban J connectivity index is 1.84. The highest BCUT2D eigenvalue weighted by Gasteiger charge is 2.07. The quantitative estimate of drug-likeness (QED) is 0.694. The van der Waals surface area contributed by atoms with Crippen LogP contribution in [-0.4, -0.2) is 34.1 Å². The van der Waals surface area contributed by atoms with Crippen molar-refractivity contribution in [3.05, 3.63) is 53.9 Å². The fraction of sp³-hybridized carbons (Fsp3) is 0.412. The van der Waals surface area contributed by atoms with Crippen LogP contribution in [0, 0.1) is 5.92 Å². The second kappa shape index (κ2) is 8.95. The van der Waals surface area contributed by atoms with E-state index in [0.717, 1.165) is 11.1 Å². The van der Waals surface area contributed by atoms with Crippen molar-refractivity contribution < 1.29 is 9.90 Å². The second-order valence-corrected chi connectivity index (χ2v) is 5.65. The molecule has 1 aromatic carbocycles. The number of benzene rings is 1. The van der Waals surface area contributed by atoms with Gasteiger partial charge < -0.3 is 15.7 Å². The van der Waals surface area contributed by atoms with Gasteiger partial charge in [0.25, 0.3) is 0 Å². The van der Waals surface area contributed by atoms with Crippen LogP contribution >= 0.6 is 0 Å². The largest absolute Gasteiger partial charge is 0.396 e. The Kier molecular flexibility index (Phi) is 6.62. The molecule has 0 aliphatic heterocycles. The summed E-state index contributed by atoms with van der Waals surface area (Å²) < 4.78 is 1.86. The van der Waals surface area contributed by atoms with Gasteiger partial charge in [-0.1, -0.05) is 31.2 Å². The average Bonchev–Trinajstić information content (AvgIpc) is 3.05. The SMILES string of the molecule is CC(CCO)CNC(=O)NCc1ccccc1Cn1cccn1. The van der Waals surface area contributed by atoms with Gasteiger partial charge in [-0.2, -0.15) is 5.10 Å². The van der Waals surface area contributed by atoms with Crippen LogP contribution in [0.4, 0.5) is 4.79 Å². The maximum Gasteiger partial charge on any atom is 0.315 e. The van der Waals surface area contributed by atoms with Gasteiger partial charge in [0.05, 0.1) is 6.54 Å².